The maximum atomic E-state index is 5.14. The number of aromatic nitrogens is 2. The molecule has 0 saturated carbocycles. The molecule has 0 atom stereocenters. The van der Waals surface area contributed by atoms with Crippen LogP contribution in [0.15, 0.2) is 21.3 Å². The monoisotopic (exact) mass is 193 g/mol. The van der Waals surface area contributed by atoms with Crippen LogP contribution in [-0.2, 0) is 6.54 Å². The van der Waals surface area contributed by atoms with Crippen molar-refractivity contribution in [2.75, 3.05) is 7.05 Å². The van der Waals surface area contributed by atoms with Crippen LogP contribution in [0.4, 0.5) is 0 Å². The zero-order chi connectivity index (χ0) is 9.97. The van der Waals surface area contributed by atoms with Crippen LogP contribution in [-0.4, -0.2) is 17.2 Å². The Labute approximate surface area is 81.1 Å². The molecule has 0 spiro atoms. The van der Waals surface area contributed by atoms with Gasteiger partial charge in [0, 0.05) is 0 Å². The number of aryl methyl sites for hydroxylation is 1. The summed E-state index contributed by atoms with van der Waals surface area (Å²) in [5, 5.41) is 6.75. The van der Waals surface area contributed by atoms with Gasteiger partial charge in [0.2, 0.25) is 0 Å². The molecule has 2 aromatic heterocycles. The first-order valence-corrected chi connectivity index (χ1v) is 4.32. The van der Waals surface area contributed by atoms with Crippen LogP contribution in [0, 0.1) is 6.92 Å². The molecule has 0 amide bonds. The van der Waals surface area contributed by atoms with Gasteiger partial charge in [0.05, 0.1) is 12.1 Å². The molecule has 0 aliphatic carbocycles. The topological polar surface area (TPSA) is 64.1 Å². The van der Waals surface area contributed by atoms with Gasteiger partial charge in [0.25, 0.3) is 5.89 Å². The minimum Gasteiger partial charge on any atom is -0.469 e. The van der Waals surface area contributed by atoms with Crippen LogP contribution in [0.5, 0.6) is 0 Å². The predicted octanol–water partition coefficient (Wildman–Crippen LogP) is 1.36. The summed E-state index contributed by atoms with van der Waals surface area (Å²) in [6, 6.07) is 1.86. The van der Waals surface area contributed by atoms with E-state index in [1.54, 1.807) is 6.26 Å². The first-order chi connectivity index (χ1) is 6.79. The standard InChI is InChI=1S/C9H11N3O2/c1-6-3-7(5-13-6)9-11-8(4-10-2)12-14-9/h3,5,10H,4H2,1-2H3. The number of hydrogen-bond donors (Lipinski definition) is 1. The molecule has 14 heavy (non-hydrogen) atoms. The maximum absolute atomic E-state index is 5.14. The van der Waals surface area contributed by atoms with Gasteiger partial charge < -0.3 is 14.3 Å². The molecule has 5 heteroatoms. The van der Waals surface area contributed by atoms with Crippen molar-refractivity contribution in [1.29, 1.82) is 0 Å². The average Bonchev–Trinajstić information content (AvgIpc) is 2.74. The van der Waals surface area contributed by atoms with Gasteiger partial charge in [-0.25, -0.2) is 0 Å². The smallest absolute Gasteiger partial charge is 0.261 e. The van der Waals surface area contributed by atoms with Crippen molar-refractivity contribution in [1.82, 2.24) is 15.5 Å². The van der Waals surface area contributed by atoms with E-state index in [0.717, 1.165) is 11.3 Å². The highest BCUT2D eigenvalue weighted by Crippen LogP contribution is 2.19. The molecule has 0 saturated heterocycles. The zero-order valence-electron chi connectivity index (χ0n) is 8.07. The summed E-state index contributed by atoms with van der Waals surface area (Å²) in [6.07, 6.45) is 1.60. The van der Waals surface area contributed by atoms with Gasteiger partial charge in [-0.15, -0.1) is 0 Å². The quantitative estimate of drug-likeness (QED) is 0.797. The number of hydrogen-bond acceptors (Lipinski definition) is 5. The molecule has 0 radical (unpaired) electrons. The predicted molar refractivity (Wildman–Crippen MR) is 49.5 cm³/mol. The molecule has 5 nitrogen and oxygen atoms in total. The second kappa shape index (κ2) is 3.63. The number of rotatable bonds is 3. The highest BCUT2D eigenvalue weighted by molar-refractivity contribution is 5.51. The van der Waals surface area contributed by atoms with Gasteiger partial charge in [-0.1, -0.05) is 5.16 Å². The van der Waals surface area contributed by atoms with E-state index < -0.39 is 0 Å². The van der Waals surface area contributed by atoms with Crippen molar-refractivity contribution < 1.29 is 8.94 Å². The lowest BCUT2D eigenvalue weighted by molar-refractivity contribution is 0.420. The maximum Gasteiger partial charge on any atom is 0.261 e. The summed E-state index contributed by atoms with van der Waals surface area (Å²) in [4.78, 5) is 4.18. The molecule has 0 aliphatic rings. The third-order valence-corrected chi connectivity index (χ3v) is 1.78. The summed E-state index contributed by atoms with van der Waals surface area (Å²) in [6.45, 7) is 2.47. The SMILES string of the molecule is CNCc1noc(-c2coc(C)c2)n1. The van der Waals surface area contributed by atoms with Crippen molar-refractivity contribution in [3.8, 4) is 11.5 Å². The third-order valence-electron chi connectivity index (χ3n) is 1.78. The minimum absolute atomic E-state index is 0.493. The van der Waals surface area contributed by atoms with Gasteiger partial charge in [-0.05, 0) is 20.0 Å². The van der Waals surface area contributed by atoms with E-state index in [1.807, 2.05) is 20.0 Å². The normalized spacial score (nSPS) is 10.7. The Balaban J connectivity index is 2.24. The summed E-state index contributed by atoms with van der Waals surface area (Å²) in [5.74, 6) is 1.96. The number of furan rings is 1. The lowest BCUT2D eigenvalue weighted by Gasteiger charge is -1.86. The van der Waals surface area contributed by atoms with Gasteiger partial charge in [0.1, 0.15) is 12.0 Å². The first-order valence-electron chi connectivity index (χ1n) is 4.32. The molecule has 0 fully saturated rings. The lowest BCUT2D eigenvalue weighted by atomic mass is 10.3. The number of nitrogens with zero attached hydrogens (tertiary/aromatic N) is 2. The van der Waals surface area contributed by atoms with E-state index in [0.29, 0.717) is 18.3 Å². The average molecular weight is 193 g/mol. The van der Waals surface area contributed by atoms with Crippen molar-refractivity contribution >= 4 is 0 Å². The molecule has 0 aromatic carbocycles. The van der Waals surface area contributed by atoms with Crippen LogP contribution in [0.1, 0.15) is 11.6 Å². The lowest BCUT2D eigenvalue weighted by Crippen LogP contribution is -2.06. The Kier molecular flexibility index (Phi) is 2.32. The summed E-state index contributed by atoms with van der Waals surface area (Å²) >= 11 is 0. The van der Waals surface area contributed by atoms with Crippen LogP contribution >= 0.6 is 0 Å². The fourth-order valence-corrected chi connectivity index (χ4v) is 1.16. The Hall–Kier alpha value is -1.62. The van der Waals surface area contributed by atoms with Gasteiger partial charge in [-0.2, -0.15) is 4.98 Å². The van der Waals surface area contributed by atoms with Gasteiger partial charge in [0.15, 0.2) is 5.82 Å². The van der Waals surface area contributed by atoms with E-state index in [1.165, 1.54) is 0 Å². The zero-order valence-corrected chi connectivity index (χ0v) is 8.07. The number of nitrogens with one attached hydrogen (secondary N) is 1. The molecule has 0 unspecified atom stereocenters. The summed E-state index contributed by atoms with van der Waals surface area (Å²) < 4.78 is 10.2. The molecular formula is C9H11N3O2. The van der Waals surface area contributed by atoms with Crippen LogP contribution in [0.25, 0.3) is 11.5 Å². The summed E-state index contributed by atoms with van der Waals surface area (Å²) in [7, 11) is 1.83. The van der Waals surface area contributed by atoms with Crippen molar-refractivity contribution in [3.63, 3.8) is 0 Å². The van der Waals surface area contributed by atoms with E-state index in [9.17, 15) is 0 Å². The van der Waals surface area contributed by atoms with Crippen molar-refractivity contribution in [2.45, 2.75) is 13.5 Å². The van der Waals surface area contributed by atoms with E-state index >= 15 is 0 Å². The van der Waals surface area contributed by atoms with Crippen LogP contribution in [0.3, 0.4) is 0 Å². The molecule has 0 aliphatic heterocycles. The molecule has 1 N–H and O–H groups in total. The Morgan fingerprint density at radius 1 is 1.50 bits per heavy atom. The van der Waals surface area contributed by atoms with Gasteiger partial charge >= 0.3 is 0 Å². The largest absolute Gasteiger partial charge is 0.469 e. The fraction of sp³-hybridized carbons (Fsp3) is 0.333. The Morgan fingerprint density at radius 2 is 2.36 bits per heavy atom. The Bertz CT molecular complexity index is 419. The second-order valence-electron chi connectivity index (χ2n) is 2.99. The highest BCUT2D eigenvalue weighted by atomic mass is 16.5. The molecule has 2 aromatic rings. The molecular weight excluding hydrogens is 182 g/mol. The van der Waals surface area contributed by atoms with Crippen LogP contribution in [0.2, 0.25) is 0 Å². The minimum atomic E-state index is 0.493. The highest BCUT2D eigenvalue weighted by Gasteiger charge is 2.09. The summed E-state index contributed by atoms with van der Waals surface area (Å²) in [5.41, 5.74) is 0.817. The molecule has 0 bridgehead atoms. The van der Waals surface area contributed by atoms with E-state index in [2.05, 4.69) is 15.5 Å². The van der Waals surface area contributed by atoms with Gasteiger partial charge in [-0.3, -0.25) is 0 Å². The fourth-order valence-electron chi connectivity index (χ4n) is 1.16. The van der Waals surface area contributed by atoms with Crippen LogP contribution < -0.4 is 5.32 Å². The van der Waals surface area contributed by atoms with E-state index in [4.69, 9.17) is 8.94 Å². The molecule has 74 valence electrons. The molecule has 2 heterocycles. The van der Waals surface area contributed by atoms with Crippen molar-refractivity contribution in [3.05, 3.63) is 23.9 Å². The second-order valence-corrected chi connectivity index (χ2v) is 2.99. The first kappa shape index (κ1) is 8.96. The van der Waals surface area contributed by atoms with Crippen molar-refractivity contribution in [2.24, 2.45) is 0 Å². The third kappa shape index (κ3) is 1.67. The Morgan fingerprint density at radius 3 is 3.00 bits per heavy atom. The van der Waals surface area contributed by atoms with E-state index in [-0.39, 0.29) is 0 Å². The molecule has 2 rings (SSSR count).